The Balaban J connectivity index is 3.61. The molecule has 0 spiro atoms. The molecule has 0 aliphatic rings. The minimum atomic E-state index is 0.321. The molecule has 0 rings (SSSR count). The van der Waals surface area contributed by atoms with E-state index < -0.39 is 0 Å². The third-order valence-electron chi connectivity index (χ3n) is 1.93. The first kappa shape index (κ1) is 10.9. The van der Waals surface area contributed by atoms with Crippen molar-refractivity contribution in [2.24, 2.45) is 11.1 Å². The molecule has 1 atom stereocenters. The zero-order chi connectivity index (χ0) is 8.91. The molecule has 0 aromatic heterocycles. The molecule has 3 N–H and O–H groups in total. The summed E-state index contributed by atoms with van der Waals surface area (Å²) in [5.41, 5.74) is 6.12. The van der Waals surface area contributed by atoms with E-state index in [0.717, 1.165) is 13.0 Å². The van der Waals surface area contributed by atoms with Gasteiger partial charge in [-0.15, -0.1) is 0 Å². The number of nitrogens with one attached hydrogen (secondary N) is 1. The highest BCUT2D eigenvalue weighted by Gasteiger charge is 2.18. The Hall–Kier alpha value is -0.0800. The van der Waals surface area contributed by atoms with Gasteiger partial charge in [0.1, 0.15) is 0 Å². The van der Waals surface area contributed by atoms with E-state index in [1.54, 1.807) is 0 Å². The topological polar surface area (TPSA) is 38.0 Å². The number of rotatable bonds is 5. The summed E-state index contributed by atoms with van der Waals surface area (Å²) in [7, 11) is 1.99. The van der Waals surface area contributed by atoms with Crippen LogP contribution in [0, 0.1) is 5.41 Å². The molecule has 0 aromatic rings. The fourth-order valence-corrected chi connectivity index (χ4v) is 1.44. The molecule has 0 unspecified atom stereocenters. The maximum absolute atomic E-state index is 5.73. The molecular weight excluding hydrogens is 136 g/mol. The summed E-state index contributed by atoms with van der Waals surface area (Å²) >= 11 is 0. The zero-order valence-electron chi connectivity index (χ0n) is 8.28. The molecule has 2 nitrogen and oxygen atoms in total. The molecule has 0 saturated carbocycles. The van der Waals surface area contributed by atoms with Crippen molar-refractivity contribution in [2.75, 3.05) is 13.6 Å². The predicted octanol–water partition coefficient (Wildman–Crippen LogP) is 1.36. The zero-order valence-corrected chi connectivity index (χ0v) is 8.28. The van der Waals surface area contributed by atoms with Crippen LogP contribution in [0.3, 0.4) is 0 Å². The van der Waals surface area contributed by atoms with E-state index in [4.69, 9.17) is 5.73 Å². The Labute approximate surface area is 70.5 Å². The van der Waals surface area contributed by atoms with Gasteiger partial charge in [0.25, 0.3) is 0 Å². The molecule has 0 amide bonds. The summed E-state index contributed by atoms with van der Waals surface area (Å²) in [6, 6.07) is 0.321. The second kappa shape index (κ2) is 4.73. The highest BCUT2D eigenvalue weighted by atomic mass is 14.8. The van der Waals surface area contributed by atoms with Crippen LogP contribution in [0.5, 0.6) is 0 Å². The van der Waals surface area contributed by atoms with E-state index in [-0.39, 0.29) is 0 Å². The Morgan fingerprint density at radius 3 is 2.36 bits per heavy atom. The molecule has 0 heterocycles. The van der Waals surface area contributed by atoms with Gasteiger partial charge in [0, 0.05) is 6.04 Å². The van der Waals surface area contributed by atoms with Gasteiger partial charge in [-0.05, 0) is 38.8 Å². The lowest BCUT2D eigenvalue weighted by molar-refractivity contribution is 0.286. The highest BCUT2D eigenvalue weighted by Crippen LogP contribution is 2.25. The minimum Gasteiger partial charge on any atom is -0.328 e. The van der Waals surface area contributed by atoms with Crippen molar-refractivity contribution in [3.05, 3.63) is 0 Å². The van der Waals surface area contributed by atoms with Gasteiger partial charge < -0.3 is 11.1 Å². The van der Waals surface area contributed by atoms with Crippen molar-refractivity contribution in [1.29, 1.82) is 0 Å². The normalized spacial score (nSPS) is 15.0. The Morgan fingerprint density at radius 1 is 1.45 bits per heavy atom. The Kier molecular flexibility index (Phi) is 4.69. The highest BCUT2D eigenvalue weighted by molar-refractivity contribution is 4.73. The maximum Gasteiger partial charge on any atom is 0.00155 e. The first-order valence-corrected chi connectivity index (χ1v) is 4.38. The second-order valence-electron chi connectivity index (χ2n) is 4.20. The molecule has 2 heteroatoms. The molecule has 11 heavy (non-hydrogen) atoms. The summed E-state index contributed by atoms with van der Waals surface area (Å²) in [6.45, 7) is 7.70. The molecule has 0 radical (unpaired) electrons. The van der Waals surface area contributed by atoms with Crippen LogP contribution < -0.4 is 11.1 Å². The van der Waals surface area contributed by atoms with Crippen molar-refractivity contribution in [3.8, 4) is 0 Å². The third kappa shape index (κ3) is 6.32. The lowest BCUT2D eigenvalue weighted by atomic mass is 9.83. The van der Waals surface area contributed by atoms with Gasteiger partial charge in [-0.1, -0.05) is 13.8 Å². The fourth-order valence-electron chi connectivity index (χ4n) is 1.44. The van der Waals surface area contributed by atoms with Crippen LogP contribution in [0.25, 0.3) is 0 Å². The summed E-state index contributed by atoms with van der Waals surface area (Å²) < 4.78 is 0. The van der Waals surface area contributed by atoms with E-state index in [0.29, 0.717) is 11.5 Å². The van der Waals surface area contributed by atoms with Gasteiger partial charge in [-0.3, -0.25) is 0 Å². The molecule has 0 saturated heterocycles. The second-order valence-corrected chi connectivity index (χ2v) is 4.20. The van der Waals surface area contributed by atoms with Crippen LogP contribution in [-0.4, -0.2) is 19.6 Å². The third-order valence-corrected chi connectivity index (χ3v) is 1.93. The molecule has 0 bridgehead atoms. The summed E-state index contributed by atoms with van der Waals surface area (Å²) in [6.07, 6.45) is 2.31. The maximum atomic E-state index is 5.73. The largest absolute Gasteiger partial charge is 0.328 e. The van der Waals surface area contributed by atoms with E-state index in [2.05, 4.69) is 26.1 Å². The van der Waals surface area contributed by atoms with E-state index >= 15 is 0 Å². The molecular formula is C9H22N2. The predicted molar refractivity (Wildman–Crippen MR) is 50.6 cm³/mol. The van der Waals surface area contributed by atoms with Crippen LogP contribution in [-0.2, 0) is 0 Å². The van der Waals surface area contributed by atoms with Gasteiger partial charge in [-0.25, -0.2) is 0 Å². The standard InChI is InChI=1S/C9H22N2/c1-8(10)7-9(2,3)5-6-11-4/h8,11H,5-7,10H2,1-4H3/t8-/m0/s1. The van der Waals surface area contributed by atoms with E-state index in [1.807, 2.05) is 7.05 Å². The van der Waals surface area contributed by atoms with Crippen molar-refractivity contribution in [2.45, 2.75) is 39.7 Å². The van der Waals surface area contributed by atoms with Crippen molar-refractivity contribution < 1.29 is 0 Å². The molecule has 0 fully saturated rings. The van der Waals surface area contributed by atoms with Gasteiger partial charge in [0.05, 0.1) is 0 Å². The van der Waals surface area contributed by atoms with Crippen molar-refractivity contribution in [3.63, 3.8) is 0 Å². The summed E-state index contributed by atoms with van der Waals surface area (Å²) in [4.78, 5) is 0. The van der Waals surface area contributed by atoms with Crippen molar-refractivity contribution >= 4 is 0 Å². The Morgan fingerprint density at radius 2 is 2.00 bits per heavy atom. The molecule has 68 valence electrons. The first-order valence-electron chi connectivity index (χ1n) is 4.38. The van der Waals surface area contributed by atoms with Gasteiger partial charge >= 0.3 is 0 Å². The van der Waals surface area contributed by atoms with E-state index in [9.17, 15) is 0 Å². The average molecular weight is 158 g/mol. The molecule has 0 aliphatic heterocycles. The first-order chi connectivity index (χ1) is 4.98. The van der Waals surface area contributed by atoms with Crippen LogP contribution in [0.2, 0.25) is 0 Å². The van der Waals surface area contributed by atoms with Gasteiger partial charge in [0.2, 0.25) is 0 Å². The Bertz CT molecular complexity index is 97.7. The van der Waals surface area contributed by atoms with Gasteiger partial charge in [0.15, 0.2) is 0 Å². The lowest BCUT2D eigenvalue weighted by Gasteiger charge is -2.26. The van der Waals surface area contributed by atoms with E-state index in [1.165, 1.54) is 6.42 Å². The smallest absolute Gasteiger partial charge is 0.00155 e. The lowest BCUT2D eigenvalue weighted by Crippen LogP contribution is -2.27. The van der Waals surface area contributed by atoms with Crippen LogP contribution in [0.4, 0.5) is 0 Å². The molecule has 0 aromatic carbocycles. The van der Waals surface area contributed by atoms with Crippen LogP contribution in [0.15, 0.2) is 0 Å². The monoisotopic (exact) mass is 158 g/mol. The van der Waals surface area contributed by atoms with Gasteiger partial charge in [-0.2, -0.15) is 0 Å². The quantitative estimate of drug-likeness (QED) is 0.634. The average Bonchev–Trinajstić information content (AvgIpc) is 1.81. The fraction of sp³-hybridized carbons (Fsp3) is 1.00. The number of hydrogen-bond acceptors (Lipinski definition) is 2. The van der Waals surface area contributed by atoms with Crippen LogP contribution in [0.1, 0.15) is 33.6 Å². The number of nitrogens with two attached hydrogens (primary N) is 1. The number of hydrogen-bond donors (Lipinski definition) is 2. The SMILES string of the molecule is CNCCC(C)(C)C[C@H](C)N. The van der Waals surface area contributed by atoms with Crippen LogP contribution >= 0.6 is 0 Å². The summed E-state index contributed by atoms with van der Waals surface area (Å²) in [5.74, 6) is 0. The summed E-state index contributed by atoms with van der Waals surface area (Å²) in [5, 5.41) is 3.16. The van der Waals surface area contributed by atoms with Crippen molar-refractivity contribution in [1.82, 2.24) is 5.32 Å². The molecule has 0 aliphatic carbocycles. The minimum absolute atomic E-state index is 0.321.